The van der Waals surface area contributed by atoms with E-state index < -0.39 is 0 Å². The molecule has 2 fully saturated rings. The lowest BCUT2D eigenvalue weighted by atomic mass is 9.97. The van der Waals surface area contributed by atoms with E-state index in [1.54, 1.807) is 0 Å². The van der Waals surface area contributed by atoms with Crippen LogP contribution in [0.4, 0.5) is 0 Å². The Hall–Kier alpha value is -0.280. The van der Waals surface area contributed by atoms with Gasteiger partial charge in [0, 0.05) is 18.5 Å². The first-order valence-corrected chi connectivity index (χ1v) is 7.25. The van der Waals surface area contributed by atoms with Crippen LogP contribution in [0.25, 0.3) is 0 Å². The van der Waals surface area contributed by atoms with Crippen molar-refractivity contribution in [3.63, 3.8) is 0 Å². The van der Waals surface area contributed by atoms with Crippen molar-refractivity contribution >= 4 is 18.3 Å². The fourth-order valence-corrected chi connectivity index (χ4v) is 3.54. The number of carbonyl (C=O) groups is 1. The minimum Gasteiger partial charge on any atom is -0.353 e. The highest BCUT2D eigenvalue weighted by molar-refractivity contribution is 5.85. The topological polar surface area (TPSA) is 55.1 Å². The van der Waals surface area contributed by atoms with E-state index >= 15 is 0 Å². The molecule has 0 aromatic heterocycles. The average Bonchev–Trinajstić information content (AvgIpc) is 2.89. The van der Waals surface area contributed by atoms with Gasteiger partial charge < -0.3 is 11.1 Å². The third-order valence-electron chi connectivity index (χ3n) is 4.70. The van der Waals surface area contributed by atoms with E-state index in [2.05, 4.69) is 12.2 Å². The third-order valence-corrected chi connectivity index (χ3v) is 4.70. The molecule has 0 aliphatic heterocycles. The van der Waals surface area contributed by atoms with Crippen molar-refractivity contribution in [1.82, 2.24) is 5.32 Å². The van der Waals surface area contributed by atoms with Crippen molar-refractivity contribution in [2.75, 3.05) is 0 Å². The summed E-state index contributed by atoms with van der Waals surface area (Å²) in [5, 5.41) is 3.23. The lowest BCUT2D eigenvalue weighted by Crippen LogP contribution is -2.39. The second-order valence-corrected chi connectivity index (χ2v) is 5.83. The molecule has 0 bridgehead atoms. The number of amides is 1. The molecule has 1 amide bonds. The van der Waals surface area contributed by atoms with E-state index in [4.69, 9.17) is 5.73 Å². The predicted molar refractivity (Wildman–Crippen MR) is 76.7 cm³/mol. The van der Waals surface area contributed by atoms with Gasteiger partial charge in [-0.2, -0.15) is 0 Å². The number of rotatable bonds is 4. The summed E-state index contributed by atoms with van der Waals surface area (Å²) in [7, 11) is 0. The highest BCUT2D eigenvalue weighted by Gasteiger charge is 2.30. The molecule has 3 nitrogen and oxygen atoms in total. The van der Waals surface area contributed by atoms with E-state index in [-0.39, 0.29) is 24.4 Å². The Morgan fingerprint density at radius 1 is 1.17 bits per heavy atom. The van der Waals surface area contributed by atoms with Crippen LogP contribution in [0, 0.1) is 11.8 Å². The molecule has 2 unspecified atom stereocenters. The van der Waals surface area contributed by atoms with Crippen molar-refractivity contribution in [3.05, 3.63) is 0 Å². The summed E-state index contributed by atoms with van der Waals surface area (Å²) in [4.78, 5) is 12.0. The van der Waals surface area contributed by atoms with Crippen LogP contribution < -0.4 is 11.1 Å². The minimum atomic E-state index is 0. The predicted octanol–water partition coefficient (Wildman–Crippen LogP) is 2.62. The summed E-state index contributed by atoms with van der Waals surface area (Å²) in [5.74, 6) is 1.37. The molecule has 0 radical (unpaired) electrons. The number of nitrogens with one attached hydrogen (secondary N) is 1. The molecule has 2 aliphatic rings. The van der Waals surface area contributed by atoms with Crippen LogP contribution in [-0.4, -0.2) is 18.0 Å². The molecule has 0 spiro atoms. The Kier molecular flexibility index (Phi) is 6.44. The van der Waals surface area contributed by atoms with Crippen molar-refractivity contribution < 1.29 is 4.79 Å². The lowest BCUT2D eigenvalue weighted by Gasteiger charge is -2.21. The molecule has 106 valence electrons. The van der Waals surface area contributed by atoms with Gasteiger partial charge in [0.1, 0.15) is 0 Å². The molecule has 4 heteroatoms. The molecule has 2 rings (SSSR count). The monoisotopic (exact) mass is 274 g/mol. The second kappa shape index (κ2) is 7.34. The molecule has 3 N–H and O–H groups in total. The van der Waals surface area contributed by atoms with Gasteiger partial charge in [-0.15, -0.1) is 12.4 Å². The van der Waals surface area contributed by atoms with Crippen molar-refractivity contribution in [3.8, 4) is 0 Å². The highest BCUT2D eigenvalue weighted by Crippen LogP contribution is 2.29. The van der Waals surface area contributed by atoms with Crippen LogP contribution in [0.1, 0.15) is 58.3 Å². The summed E-state index contributed by atoms with van der Waals surface area (Å²) in [6, 6.07) is 0.691. The highest BCUT2D eigenvalue weighted by atomic mass is 35.5. The maximum atomic E-state index is 12.0. The van der Waals surface area contributed by atoms with Gasteiger partial charge in [0.05, 0.1) is 0 Å². The van der Waals surface area contributed by atoms with E-state index in [0.29, 0.717) is 24.3 Å². The Balaban J connectivity index is 0.00000162. The molecule has 2 aliphatic carbocycles. The summed E-state index contributed by atoms with van der Waals surface area (Å²) in [5.41, 5.74) is 6.01. The van der Waals surface area contributed by atoms with Crippen molar-refractivity contribution in [2.45, 2.75) is 70.4 Å². The fraction of sp³-hybridized carbons (Fsp3) is 0.929. The molecular weight excluding hydrogens is 248 g/mol. The Labute approximate surface area is 117 Å². The van der Waals surface area contributed by atoms with E-state index in [9.17, 15) is 4.79 Å². The average molecular weight is 275 g/mol. The first-order valence-electron chi connectivity index (χ1n) is 7.25. The summed E-state index contributed by atoms with van der Waals surface area (Å²) < 4.78 is 0. The zero-order valence-electron chi connectivity index (χ0n) is 11.4. The normalized spacial score (nSPS) is 35.2. The molecule has 0 aromatic carbocycles. The van der Waals surface area contributed by atoms with Crippen LogP contribution in [0.15, 0.2) is 0 Å². The van der Waals surface area contributed by atoms with Gasteiger partial charge in [-0.3, -0.25) is 4.79 Å². The molecule has 4 atom stereocenters. The van der Waals surface area contributed by atoms with Crippen LogP contribution in [-0.2, 0) is 4.79 Å². The van der Waals surface area contributed by atoms with Crippen molar-refractivity contribution in [1.29, 1.82) is 0 Å². The molecule has 2 saturated carbocycles. The fourth-order valence-electron chi connectivity index (χ4n) is 3.54. The van der Waals surface area contributed by atoms with E-state index in [1.165, 1.54) is 32.1 Å². The molecule has 0 aromatic rings. The maximum absolute atomic E-state index is 12.0. The van der Waals surface area contributed by atoms with Crippen molar-refractivity contribution in [2.24, 2.45) is 17.6 Å². The van der Waals surface area contributed by atoms with Gasteiger partial charge >= 0.3 is 0 Å². The van der Waals surface area contributed by atoms with Crippen LogP contribution >= 0.6 is 12.4 Å². The van der Waals surface area contributed by atoms with Crippen LogP contribution in [0.3, 0.4) is 0 Å². The molecule has 0 saturated heterocycles. The lowest BCUT2D eigenvalue weighted by molar-refractivity contribution is -0.123. The maximum Gasteiger partial charge on any atom is 0.220 e. The number of halogens is 1. The number of hydrogen-bond donors (Lipinski definition) is 2. The van der Waals surface area contributed by atoms with Gasteiger partial charge in [-0.05, 0) is 37.5 Å². The standard InChI is InChI=1S/C14H26N2O.ClH/c1-2-10-5-4-8-13(10)16-14(17)9-11-6-3-7-12(11)15;/h10-13H,2-9,15H2,1H3,(H,16,17);1H/t10?,11-,12+,13?;/m0./s1. The first kappa shape index (κ1) is 15.8. The van der Waals surface area contributed by atoms with Gasteiger partial charge in [0.25, 0.3) is 0 Å². The Morgan fingerprint density at radius 3 is 2.44 bits per heavy atom. The SMILES string of the molecule is CCC1CCCC1NC(=O)C[C@@H]1CCC[C@H]1N.Cl. The summed E-state index contributed by atoms with van der Waals surface area (Å²) >= 11 is 0. The summed E-state index contributed by atoms with van der Waals surface area (Å²) in [6.45, 7) is 2.22. The Morgan fingerprint density at radius 2 is 1.83 bits per heavy atom. The second-order valence-electron chi connectivity index (χ2n) is 5.83. The van der Waals surface area contributed by atoms with Gasteiger partial charge in [-0.1, -0.05) is 26.2 Å². The van der Waals surface area contributed by atoms with Gasteiger partial charge in [-0.25, -0.2) is 0 Å². The van der Waals surface area contributed by atoms with Gasteiger partial charge in [0.2, 0.25) is 5.91 Å². The van der Waals surface area contributed by atoms with E-state index in [0.717, 1.165) is 12.8 Å². The van der Waals surface area contributed by atoms with Crippen LogP contribution in [0.2, 0.25) is 0 Å². The minimum absolute atomic E-state index is 0. The molecule has 0 heterocycles. The zero-order chi connectivity index (χ0) is 12.3. The number of carbonyl (C=O) groups excluding carboxylic acids is 1. The van der Waals surface area contributed by atoms with E-state index in [1.807, 2.05) is 0 Å². The number of nitrogens with two attached hydrogens (primary N) is 1. The first-order chi connectivity index (χ1) is 8.20. The summed E-state index contributed by atoms with van der Waals surface area (Å²) in [6.07, 6.45) is 8.98. The third kappa shape index (κ3) is 3.86. The quantitative estimate of drug-likeness (QED) is 0.828. The largest absolute Gasteiger partial charge is 0.353 e. The smallest absolute Gasteiger partial charge is 0.220 e. The zero-order valence-corrected chi connectivity index (χ0v) is 12.2. The number of hydrogen-bond acceptors (Lipinski definition) is 2. The molecule has 18 heavy (non-hydrogen) atoms. The van der Waals surface area contributed by atoms with Gasteiger partial charge in [0.15, 0.2) is 0 Å². The van der Waals surface area contributed by atoms with Crippen LogP contribution in [0.5, 0.6) is 0 Å². The Bertz CT molecular complexity index is 273. The molecular formula is C14H27ClN2O.